The quantitative estimate of drug-likeness (QED) is 0.292. The molecule has 1 unspecified atom stereocenters. The van der Waals surface area contributed by atoms with Gasteiger partial charge in [-0.05, 0) is 49.7 Å². The first-order valence-corrected chi connectivity index (χ1v) is 9.33. The van der Waals surface area contributed by atoms with Gasteiger partial charge in [-0.3, -0.25) is 9.59 Å². The summed E-state index contributed by atoms with van der Waals surface area (Å²) >= 11 is 0. The van der Waals surface area contributed by atoms with Crippen LogP contribution in [0, 0.1) is 0 Å². The Morgan fingerprint density at radius 2 is 1.61 bits per heavy atom. The highest BCUT2D eigenvalue weighted by Crippen LogP contribution is 2.34. The van der Waals surface area contributed by atoms with Crippen LogP contribution in [0.1, 0.15) is 56.5 Å². The van der Waals surface area contributed by atoms with E-state index in [9.17, 15) is 14.7 Å². The van der Waals surface area contributed by atoms with Crippen molar-refractivity contribution < 1.29 is 28.9 Å². The van der Waals surface area contributed by atoms with Crippen LogP contribution < -0.4 is 14.2 Å². The van der Waals surface area contributed by atoms with Gasteiger partial charge in [-0.2, -0.15) is 0 Å². The molecule has 0 amide bonds. The van der Waals surface area contributed by atoms with Crippen molar-refractivity contribution in [2.45, 2.75) is 53.2 Å². The zero-order valence-corrected chi connectivity index (χ0v) is 16.7. The maximum absolute atomic E-state index is 11.7. The number of aromatic hydroxyl groups is 1. The molecule has 0 saturated carbocycles. The van der Waals surface area contributed by atoms with Crippen LogP contribution >= 0.6 is 0 Å². The lowest BCUT2D eigenvalue weighted by Crippen LogP contribution is -2.23. The molecule has 1 N–H and O–H groups in total. The number of ketones is 1. The van der Waals surface area contributed by atoms with Crippen LogP contribution in [0.4, 0.5) is 0 Å². The molecule has 2 aromatic carbocycles. The van der Waals surface area contributed by atoms with Gasteiger partial charge in [-0.15, -0.1) is 0 Å². The van der Waals surface area contributed by atoms with Crippen molar-refractivity contribution in [2.75, 3.05) is 0 Å². The third kappa shape index (κ3) is 5.49. The van der Waals surface area contributed by atoms with Crippen LogP contribution in [0.2, 0.25) is 0 Å². The number of esters is 1. The summed E-state index contributed by atoms with van der Waals surface area (Å²) in [5.74, 6) is 0.867. The third-order valence-corrected chi connectivity index (χ3v) is 4.06. The van der Waals surface area contributed by atoms with Crippen LogP contribution in [0.25, 0.3) is 0 Å². The van der Waals surface area contributed by atoms with Crippen molar-refractivity contribution in [2.24, 2.45) is 0 Å². The molecule has 0 fully saturated rings. The monoisotopic (exact) mass is 386 g/mol. The molecule has 6 heteroatoms. The molecule has 0 bridgehead atoms. The predicted molar refractivity (Wildman–Crippen MR) is 105 cm³/mol. The Kier molecular flexibility index (Phi) is 7.44. The van der Waals surface area contributed by atoms with Crippen LogP contribution in [-0.2, 0) is 11.2 Å². The number of hydrogen-bond donors (Lipinski definition) is 1. The molecule has 0 radical (unpaired) electrons. The maximum atomic E-state index is 11.7. The zero-order valence-electron chi connectivity index (χ0n) is 16.7. The third-order valence-electron chi connectivity index (χ3n) is 4.06. The number of carbonyl (C=O) groups is 2. The lowest BCUT2D eigenvalue weighted by atomic mass is 10.0. The zero-order chi connectivity index (χ0) is 20.7. The van der Waals surface area contributed by atoms with E-state index >= 15 is 0 Å². The molecule has 6 nitrogen and oxygen atoms in total. The van der Waals surface area contributed by atoms with E-state index in [2.05, 4.69) is 0 Å². The molecule has 0 aliphatic rings. The number of ether oxygens (including phenoxy) is 3. The fourth-order valence-corrected chi connectivity index (χ4v) is 2.74. The highest BCUT2D eigenvalue weighted by molar-refractivity contribution is 5.97. The van der Waals surface area contributed by atoms with Crippen molar-refractivity contribution in [3.8, 4) is 23.0 Å². The van der Waals surface area contributed by atoms with Crippen LogP contribution in [0.15, 0.2) is 36.4 Å². The Morgan fingerprint density at radius 3 is 2.14 bits per heavy atom. The second-order valence-corrected chi connectivity index (χ2v) is 6.38. The molecule has 0 saturated heterocycles. The first kappa shape index (κ1) is 21.3. The van der Waals surface area contributed by atoms with Crippen molar-refractivity contribution in [3.63, 3.8) is 0 Å². The molecule has 0 aliphatic heterocycles. The fraction of sp³-hybridized carbons (Fsp3) is 0.364. The summed E-state index contributed by atoms with van der Waals surface area (Å²) in [6.45, 7) is 6.66. The Balaban J connectivity index is 2.18. The van der Waals surface area contributed by atoms with E-state index in [1.54, 1.807) is 36.4 Å². The van der Waals surface area contributed by atoms with E-state index in [1.807, 2.05) is 13.8 Å². The highest BCUT2D eigenvalue weighted by atomic mass is 16.7. The summed E-state index contributed by atoms with van der Waals surface area (Å²) < 4.78 is 16.9. The SMILES string of the molecule is CCCc1c(OC(CC)Oc2ccc(OC(C)=O)cc2)ccc(C(C)=O)c1O. The number of phenolic OH excluding ortho intramolecular Hbond substituents is 1. The summed E-state index contributed by atoms with van der Waals surface area (Å²) in [4.78, 5) is 22.7. The van der Waals surface area contributed by atoms with Crippen LogP contribution in [0.5, 0.6) is 23.0 Å². The second kappa shape index (κ2) is 9.78. The van der Waals surface area contributed by atoms with Crippen LogP contribution in [-0.4, -0.2) is 23.1 Å². The van der Waals surface area contributed by atoms with E-state index in [-0.39, 0.29) is 23.1 Å². The van der Waals surface area contributed by atoms with Crippen molar-refractivity contribution >= 4 is 11.8 Å². The van der Waals surface area contributed by atoms with E-state index in [0.29, 0.717) is 35.7 Å². The molecule has 150 valence electrons. The van der Waals surface area contributed by atoms with Gasteiger partial charge in [-0.25, -0.2) is 0 Å². The van der Waals surface area contributed by atoms with E-state index in [0.717, 1.165) is 6.42 Å². The van der Waals surface area contributed by atoms with Gasteiger partial charge in [0.1, 0.15) is 23.0 Å². The normalized spacial score (nSPS) is 11.6. The molecule has 0 spiro atoms. The minimum absolute atomic E-state index is 0.0348. The van der Waals surface area contributed by atoms with Gasteiger partial charge in [0.2, 0.25) is 6.29 Å². The number of phenols is 1. The van der Waals surface area contributed by atoms with Gasteiger partial charge in [0.15, 0.2) is 5.78 Å². The summed E-state index contributed by atoms with van der Waals surface area (Å²) in [5, 5.41) is 10.5. The van der Waals surface area contributed by atoms with Gasteiger partial charge >= 0.3 is 5.97 Å². The fourth-order valence-electron chi connectivity index (χ4n) is 2.74. The highest BCUT2D eigenvalue weighted by Gasteiger charge is 2.19. The Hall–Kier alpha value is -3.02. The largest absolute Gasteiger partial charge is 0.507 e. The molecule has 0 aliphatic carbocycles. The minimum Gasteiger partial charge on any atom is -0.507 e. The molecule has 1 atom stereocenters. The lowest BCUT2D eigenvalue weighted by Gasteiger charge is -2.22. The Bertz CT molecular complexity index is 826. The molecule has 0 aromatic heterocycles. The van der Waals surface area contributed by atoms with Crippen molar-refractivity contribution in [3.05, 3.63) is 47.5 Å². The van der Waals surface area contributed by atoms with Gasteiger partial charge in [0.05, 0.1) is 5.56 Å². The smallest absolute Gasteiger partial charge is 0.308 e. The van der Waals surface area contributed by atoms with Gasteiger partial charge in [0.25, 0.3) is 0 Å². The number of hydrogen-bond acceptors (Lipinski definition) is 6. The van der Waals surface area contributed by atoms with E-state index in [1.165, 1.54) is 13.8 Å². The van der Waals surface area contributed by atoms with Crippen molar-refractivity contribution in [1.29, 1.82) is 0 Å². The predicted octanol–water partition coefficient (Wildman–Crippen LogP) is 4.67. The topological polar surface area (TPSA) is 82.1 Å². The van der Waals surface area contributed by atoms with Crippen molar-refractivity contribution in [1.82, 2.24) is 0 Å². The standard InChI is InChI=1S/C22H26O6/c1-5-7-19-20(13-12-18(14(3)23)22(19)25)28-21(6-2)27-17-10-8-16(9-11-17)26-15(4)24/h8-13,21,25H,5-7H2,1-4H3. The number of carbonyl (C=O) groups excluding carboxylic acids is 2. The molecule has 2 aromatic rings. The molecule has 28 heavy (non-hydrogen) atoms. The average molecular weight is 386 g/mol. The Morgan fingerprint density at radius 1 is 0.964 bits per heavy atom. The molecular weight excluding hydrogens is 360 g/mol. The minimum atomic E-state index is -0.585. The van der Waals surface area contributed by atoms with Gasteiger partial charge in [-0.1, -0.05) is 20.3 Å². The number of benzene rings is 2. The summed E-state index contributed by atoms with van der Waals surface area (Å²) in [5.41, 5.74) is 0.883. The molecular formula is C22H26O6. The summed E-state index contributed by atoms with van der Waals surface area (Å²) in [7, 11) is 0. The van der Waals surface area contributed by atoms with Gasteiger partial charge < -0.3 is 19.3 Å². The molecule has 2 rings (SSSR count). The summed E-state index contributed by atoms with van der Waals surface area (Å²) in [6, 6.07) is 9.91. The maximum Gasteiger partial charge on any atom is 0.308 e. The number of Topliss-reactive ketones (excluding diaryl/α,β-unsaturated/α-hetero) is 1. The van der Waals surface area contributed by atoms with Crippen LogP contribution in [0.3, 0.4) is 0 Å². The second-order valence-electron chi connectivity index (χ2n) is 6.38. The van der Waals surface area contributed by atoms with Gasteiger partial charge in [0, 0.05) is 18.9 Å². The van der Waals surface area contributed by atoms with E-state index in [4.69, 9.17) is 14.2 Å². The summed E-state index contributed by atoms with van der Waals surface area (Å²) in [6.07, 6.45) is 1.35. The molecule has 0 heterocycles. The van der Waals surface area contributed by atoms with E-state index < -0.39 is 6.29 Å². The Labute approximate surface area is 165 Å². The first-order chi connectivity index (χ1) is 13.3. The lowest BCUT2D eigenvalue weighted by molar-refractivity contribution is -0.131. The number of rotatable bonds is 9. The average Bonchev–Trinajstić information content (AvgIpc) is 2.64. The first-order valence-electron chi connectivity index (χ1n) is 9.33.